The van der Waals surface area contributed by atoms with Gasteiger partial charge in [-0.25, -0.2) is 0 Å². The van der Waals surface area contributed by atoms with Gasteiger partial charge >= 0.3 is 0 Å². The van der Waals surface area contributed by atoms with Crippen LogP contribution in [0, 0.1) is 0 Å². The summed E-state index contributed by atoms with van der Waals surface area (Å²) in [5.41, 5.74) is 15.6. The van der Waals surface area contributed by atoms with Crippen LogP contribution in [0.2, 0.25) is 0 Å². The number of nitrogens with zero attached hydrogens (tertiary/aromatic N) is 2. The maximum atomic E-state index is 6.36. The van der Waals surface area contributed by atoms with E-state index >= 15 is 0 Å². The van der Waals surface area contributed by atoms with Crippen LogP contribution in [0.25, 0.3) is 93.6 Å². The topological polar surface area (TPSA) is 21.3 Å². The van der Waals surface area contributed by atoms with E-state index in [1.165, 1.54) is 49.3 Å². The Kier molecular flexibility index (Phi) is 8.17. The van der Waals surface area contributed by atoms with Crippen molar-refractivity contribution in [2.24, 2.45) is 0 Å². The number of aromatic nitrogens is 1. The Bertz CT molecular complexity index is 3530. The zero-order valence-corrected chi connectivity index (χ0v) is 33.2. The monoisotopic (exact) mass is 778 g/mol. The number of furan rings is 1. The molecule has 12 rings (SSSR count). The lowest BCUT2D eigenvalue weighted by atomic mass is 9.98. The lowest BCUT2D eigenvalue weighted by Crippen LogP contribution is -2.11. The number of benzene rings is 10. The number of rotatable bonds is 7. The first-order valence-corrected chi connectivity index (χ1v) is 20.8. The van der Waals surface area contributed by atoms with E-state index in [2.05, 4.69) is 228 Å². The van der Waals surface area contributed by atoms with Gasteiger partial charge in [0, 0.05) is 43.9 Å². The van der Waals surface area contributed by atoms with Gasteiger partial charge in [0.15, 0.2) is 0 Å². The van der Waals surface area contributed by atoms with Crippen LogP contribution in [0.5, 0.6) is 0 Å². The average molecular weight is 779 g/mol. The highest BCUT2D eigenvalue weighted by Crippen LogP contribution is 2.45. The fourth-order valence-corrected chi connectivity index (χ4v) is 9.30. The number of anilines is 3. The molecular formula is C58H38N2O. The van der Waals surface area contributed by atoms with Crippen LogP contribution < -0.4 is 4.90 Å². The molecule has 12 aromatic rings. The zero-order chi connectivity index (χ0) is 40.3. The van der Waals surface area contributed by atoms with Crippen LogP contribution in [0.4, 0.5) is 17.1 Å². The van der Waals surface area contributed by atoms with E-state index < -0.39 is 0 Å². The van der Waals surface area contributed by atoms with Gasteiger partial charge in [0.05, 0.1) is 22.4 Å². The number of hydrogen-bond acceptors (Lipinski definition) is 2. The summed E-state index contributed by atoms with van der Waals surface area (Å²) >= 11 is 0. The van der Waals surface area contributed by atoms with E-state index in [1.807, 2.05) is 12.1 Å². The molecule has 0 unspecified atom stereocenters. The second-order valence-corrected chi connectivity index (χ2v) is 15.7. The molecule has 0 saturated carbocycles. The molecule has 0 radical (unpaired) electrons. The molecule has 286 valence electrons. The molecule has 3 heteroatoms. The van der Waals surface area contributed by atoms with E-state index in [9.17, 15) is 0 Å². The lowest BCUT2D eigenvalue weighted by molar-refractivity contribution is 0.669. The lowest BCUT2D eigenvalue weighted by Gasteiger charge is -2.29. The minimum atomic E-state index is 0.886. The van der Waals surface area contributed by atoms with E-state index in [4.69, 9.17) is 4.42 Å². The Morgan fingerprint density at radius 1 is 0.328 bits per heavy atom. The predicted octanol–water partition coefficient (Wildman–Crippen LogP) is 16.3. The van der Waals surface area contributed by atoms with Gasteiger partial charge in [0.2, 0.25) is 0 Å². The highest BCUT2D eigenvalue weighted by Gasteiger charge is 2.20. The van der Waals surface area contributed by atoms with Crippen molar-refractivity contribution >= 4 is 71.6 Å². The summed E-state index contributed by atoms with van der Waals surface area (Å²) in [6.45, 7) is 0. The molecule has 61 heavy (non-hydrogen) atoms. The van der Waals surface area contributed by atoms with Gasteiger partial charge in [0.1, 0.15) is 11.2 Å². The molecule has 0 amide bonds. The Morgan fingerprint density at radius 2 is 0.869 bits per heavy atom. The summed E-state index contributed by atoms with van der Waals surface area (Å²) < 4.78 is 8.74. The van der Waals surface area contributed by atoms with Gasteiger partial charge < -0.3 is 13.9 Å². The molecule has 0 aliphatic heterocycles. The first-order chi connectivity index (χ1) is 30.2. The van der Waals surface area contributed by atoms with Gasteiger partial charge in [-0.3, -0.25) is 0 Å². The maximum absolute atomic E-state index is 6.36. The van der Waals surface area contributed by atoms with Crippen molar-refractivity contribution in [3.05, 3.63) is 231 Å². The van der Waals surface area contributed by atoms with Crippen molar-refractivity contribution in [2.45, 2.75) is 0 Å². The maximum Gasteiger partial charge on any atom is 0.136 e. The number of para-hydroxylation sites is 4. The number of hydrogen-bond donors (Lipinski definition) is 0. The summed E-state index contributed by atoms with van der Waals surface area (Å²) in [6.07, 6.45) is 0. The normalized spacial score (nSPS) is 11.6. The average Bonchev–Trinajstić information content (AvgIpc) is 3.88. The van der Waals surface area contributed by atoms with Gasteiger partial charge in [-0.15, -0.1) is 0 Å². The Hall–Kier alpha value is -8.14. The molecule has 2 aromatic heterocycles. The Balaban J connectivity index is 0.911. The van der Waals surface area contributed by atoms with Gasteiger partial charge in [-0.05, 0) is 99.9 Å². The summed E-state index contributed by atoms with van der Waals surface area (Å²) in [4.78, 5) is 2.40. The molecular weight excluding hydrogens is 741 g/mol. The van der Waals surface area contributed by atoms with Crippen molar-refractivity contribution < 1.29 is 4.42 Å². The molecule has 0 N–H and O–H groups in total. The minimum Gasteiger partial charge on any atom is -0.456 e. The van der Waals surface area contributed by atoms with Crippen LogP contribution in [0.15, 0.2) is 235 Å². The molecule has 0 saturated heterocycles. The molecule has 0 aliphatic carbocycles. The van der Waals surface area contributed by atoms with Crippen molar-refractivity contribution in [1.29, 1.82) is 0 Å². The van der Waals surface area contributed by atoms with Gasteiger partial charge in [-0.2, -0.15) is 0 Å². The van der Waals surface area contributed by atoms with Crippen LogP contribution in [-0.2, 0) is 0 Å². The van der Waals surface area contributed by atoms with Crippen LogP contribution in [0.1, 0.15) is 0 Å². The molecule has 10 aromatic carbocycles. The first-order valence-electron chi connectivity index (χ1n) is 20.8. The van der Waals surface area contributed by atoms with E-state index in [1.54, 1.807) is 0 Å². The third kappa shape index (κ3) is 5.90. The molecule has 3 nitrogen and oxygen atoms in total. The van der Waals surface area contributed by atoms with Crippen LogP contribution in [-0.4, -0.2) is 4.57 Å². The highest BCUT2D eigenvalue weighted by molar-refractivity contribution is 6.10. The third-order valence-corrected chi connectivity index (χ3v) is 12.2. The predicted molar refractivity (Wildman–Crippen MR) is 257 cm³/mol. The fourth-order valence-electron chi connectivity index (χ4n) is 9.30. The van der Waals surface area contributed by atoms with Crippen LogP contribution >= 0.6 is 0 Å². The van der Waals surface area contributed by atoms with Crippen molar-refractivity contribution in [1.82, 2.24) is 4.57 Å². The molecule has 0 spiro atoms. The van der Waals surface area contributed by atoms with Crippen molar-refractivity contribution in [3.8, 4) is 39.1 Å². The van der Waals surface area contributed by atoms with Gasteiger partial charge in [0.25, 0.3) is 0 Å². The second-order valence-electron chi connectivity index (χ2n) is 15.7. The molecule has 0 aliphatic rings. The fraction of sp³-hybridized carbons (Fsp3) is 0. The van der Waals surface area contributed by atoms with Gasteiger partial charge in [-0.1, -0.05) is 164 Å². The summed E-state index contributed by atoms with van der Waals surface area (Å²) in [7, 11) is 0. The summed E-state index contributed by atoms with van der Waals surface area (Å²) in [5, 5.41) is 7.18. The smallest absolute Gasteiger partial charge is 0.136 e. The largest absolute Gasteiger partial charge is 0.456 e. The van der Waals surface area contributed by atoms with E-state index in [-0.39, 0.29) is 0 Å². The Morgan fingerprint density at radius 3 is 1.64 bits per heavy atom. The van der Waals surface area contributed by atoms with Crippen molar-refractivity contribution in [2.75, 3.05) is 4.90 Å². The van der Waals surface area contributed by atoms with Crippen LogP contribution in [0.3, 0.4) is 0 Å². The third-order valence-electron chi connectivity index (χ3n) is 12.2. The molecule has 2 heterocycles. The summed E-state index contributed by atoms with van der Waals surface area (Å²) in [6, 6.07) is 82.9. The standard InChI is InChI=1S/C58H38N2O/c1-2-17-47-42(13-1)14-12-25-54(47)59(53-22-7-3-18-48(53)44-33-36-52-51-21-6-10-26-57(51)61-58(52)38-44)45-34-31-40(32-35-45)39-27-29-41(30-28-39)43-15-11-16-46(37-43)60-55-23-8-4-19-49(55)50-20-5-9-24-56(50)60/h1-38H. The van der Waals surface area contributed by atoms with E-state index in [0.717, 1.165) is 61.4 Å². The highest BCUT2D eigenvalue weighted by atomic mass is 16.3. The molecule has 0 bridgehead atoms. The van der Waals surface area contributed by atoms with E-state index in [0.29, 0.717) is 0 Å². The van der Waals surface area contributed by atoms with Crippen molar-refractivity contribution in [3.63, 3.8) is 0 Å². The quantitative estimate of drug-likeness (QED) is 0.161. The SMILES string of the molecule is c1cc(-c2ccc(-c3ccc(N(c4ccccc4-c4ccc5c(c4)oc4ccccc45)c4cccc5ccccc45)cc3)cc2)cc(-n2c3ccccc3c3ccccc32)c1. The second kappa shape index (κ2) is 14.3. The number of fused-ring (bicyclic) bond motifs is 7. The molecule has 0 atom stereocenters. The Labute approximate surface area is 353 Å². The first kappa shape index (κ1) is 34.9. The molecule has 0 fully saturated rings. The summed E-state index contributed by atoms with van der Waals surface area (Å²) in [5.74, 6) is 0. The zero-order valence-electron chi connectivity index (χ0n) is 33.2. The minimum absolute atomic E-state index is 0.886.